The summed E-state index contributed by atoms with van der Waals surface area (Å²) in [6.07, 6.45) is 1.96. The molecule has 3 aromatic rings. The number of hydrogen-bond donors (Lipinski definition) is 0. The van der Waals surface area contributed by atoms with E-state index < -0.39 is 0 Å². The Hall–Kier alpha value is -3.20. The Morgan fingerprint density at radius 3 is 2.65 bits per heavy atom. The largest absolute Gasteiger partial charge is 0.447 e. The van der Waals surface area contributed by atoms with Crippen LogP contribution >= 0.6 is 0 Å². The van der Waals surface area contributed by atoms with Crippen molar-refractivity contribution in [1.82, 2.24) is 29.8 Å². The van der Waals surface area contributed by atoms with Crippen molar-refractivity contribution in [2.75, 3.05) is 19.6 Å². The molecule has 0 aliphatic carbocycles. The van der Waals surface area contributed by atoms with Gasteiger partial charge >= 0.3 is 6.09 Å². The van der Waals surface area contributed by atoms with E-state index in [4.69, 9.17) is 9.15 Å². The number of benzene rings is 1. The van der Waals surface area contributed by atoms with Crippen molar-refractivity contribution in [2.45, 2.75) is 59.7 Å². The Bertz CT molecular complexity index is 1150. The smallest absolute Gasteiger partial charge is 0.410 e. The average Bonchev–Trinajstić information content (AvgIpc) is 3.39. The minimum atomic E-state index is -0.221. The number of ether oxygens (including phenoxy) is 1. The Morgan fingerprint density at radius 1 is 1.21 bits per heavy atom. The fraction of sp³-hybridized carbons (Fsp3) is 0.520. The van der Waals surface area contributed by atoms with E-state index in [1.165, 1.54) is 22.3 Å². The number of piperazine rings is 1. The number of aryl methyl sites for hydroxylation is 2. The standard InChI is InChI=1S/C25H34N6O3/c1-16(2)33-25(32)31-10-9-30(14-18(31)4)15-21-12-17(3)11-20(19(21)5)13-23-27-28-24(34-23)22-7-8-26-29(22)6/h7-8,11-12,16,18H,9-10,13-15H2,1-6H3/t18-/m0/s1. The molecule has 1 fully saturated rings. The lowest BCUT2D eigenvalue weighted by molar-refractivity contribution is 0.0349. The van der Waals surface area contributed by atoms with Gasteiger partial charge in [-0.05, 0) is 57.4 Å². The van der Waals surface area contributed by atoms with Crippen LogP contribution < -0.4 is 0 Å². The Labute approximate surface area is 200 Å². The topological polar surface area (TPSA) is 89.5 Å². The summed E-state index contributed by atoms with van der Waals surface area (Å²) in [5.74, 6) is 1.06. The van der Waals surface area contributed by atoms with E-state index >= 15 is 0 Å². The molecular formula is C25H34N6O3. The van der Waals surface area contributed by atoms with Gasteiger partial charge in [-0.15, -0.1) is 10.2 Å². The molecule has 34 heavy (non-hydrogen) atoms. The van der Waals surface area contributed by atoms with Crippen LogP contribution in [0, 0.1) is 13.8 Å². The molecule has 0 N–H and O–H groups in total. The van der Waals surface area contributed by atoms with Crippen LogP contribution in [0.2, 0.25) is 0 Å². The average molecular weight is 467 g/mol. The first-order valence-corrected chi connectivity index (χ1v) is 11.8. The van der Waals surface area contributed by atoms with Gasteiger partial charge in [-0.25, -0.2) is 4.79 Å². The minimum Gasteiger partial charge on any atom is -0.447 e. The van der Waals surface area contributed by atoms with Gasteiger partial charge in [-0.1, -0.05) is 17.7 Å². The monoisotopic (exact) mass is 466 g/mol. The molecule has 0 unspecified atom stereocenters. The molecule has 0 radical (unpaired) electrons. The van der Waals surface area contributed by atoms with E-state index in [-0.39, 0.29) is 18.2 Å². The zero-order chi connectivity index (χ0) is 24.4. The molecule has 4 rings (SSSR count). The number of carbonyl (C=O) groups is 1. The summed E-state index contributed by atoms with van der Waals surface area (Å²) in [5.41, 5.74) is 5.70. The zero-order valence-corrected chi connectivity index (χ0v) is 20.9. The number of carbonyl (C=O) groups excluding carboxylic acids is 1. The summed E-state index contributed by atoms with van der Waals surface area (Å²) in [6.45, 7) is 13.2. The zero-order valence-electron chi connectivity index (χ0n) is 20.9. The van der Waals surface area contributed by atoms with Crippen molar-refractivity contribution in [2.24, 2.45) is 7.05 Å². The molecule has 1 aliphatic heterocycles. The van der Waals surface area contributed by atoms with Crippen LogP contribution in [0.3, 0.4) is 0 Å². The third kappa shape index (κ3) is 5.30. The molecule has 1 aliphatic rings. The molecule has 2 aromatic heterocycles. The fourth-order valence-corrected chi connectivity index (χ4v) is 4.50. The number of amides is 1. The predicted molar refractivity (Wildman–Crippen MR) is 128 cm³/mol. The van der Waals surface area contributed by atoms with Gasteiger partial charge in [0.05, 0.1) is 12.5 Å². The van der Waals surface area contributed by atoms with Gasteiger partial charge < -0.3 is 14.1 Å². The lowest BCUT2D eigenvalue weighted by Crippen LogP contribution is -2.54. The van der Waals surface area contributed by atoms with Crippen molar-refractivity contribution in [1.29, 1.82) is 0 Å². The van der Waals surface area contributed by atoms with Crippen molar-refractivity contribution < 1.29 is 13.9 Å². The molecule has 1 amide bonds. The lowest BCUT2D eigenvalue weighted by atomic mass is 9.96. The summed E-state index contributed by atoms with van der Waals surface area (Å²) in [7, 11) is 1.85. The van der Waals surface area contributed by atoms with E-state index in [0.717, 1.165) is 25.3 Å². The summed E-state index contributed by atoms with van der Waals surface area (Å²) in [5, 5.41) is 12.6. The number of hydrogen-bond acceptors (Lipinski definition) is 7. The minimum absolute atomic E-state index is 0.105. The molecule has 0 saturated carbocycles. The van der Waals surface area contributed by atoms with E-state index in [0.29, 0.717) is 24.7 Å². The summed E-state index contributed by atoms with van der Waals surface area (Å²) >= 11 is 0. The van der Waals surface area contributed by atoms with Gasteiger partial charge in [0, 0.05) is 45.5 Å². The second kappa shape index (κ2) is 9.97. The van der Waals surface area contributed by atoms with E-state index in [1.807, 2.05) is 31.9 Å². The predicted octanol–water partition coefficient (Wildman–Crippen LogP) is 3.73. The second-order valence-electron chi connectivity index (χ2n) is 9.44. The molecule has 3 heterocycles. The second-order valence-corrected chi connectivity index (χ2v) is 9.44. The van der Waals surface area contributed by atoms with Crippen molar-refractivity contribution in [3.63, 3.8) is 0 Å². The van der Waals surface area contributed by atoms with Gasteiger partial charge in [-0.3, -0.25) is 9.58 Å². The van der Waals surface area contributed by atoms with Gasteiger partial charge in [-0.2, -0.15) is 5.10 Å². The van der Waals surface area contributed by atoms with E-state index in [1.54, 1.807) is 10.9 Å². The number of aromatic nitrogens is 4. The third-order valence-corrected chi connectivity index (χ3v) is 6.29. The quantitative estimate of drug-likeness (QED) is 0.547. The number of nitrogens with zero attached hydrogens (tertiary/aromatic N) is 6. The first kappa shape index (κ1) is 23.9. The molecule has 182 valence electrons. The summed E-state index contributed by atoms with van der Waals surface area (Å²) in [6, 6.07) is 6.40. The van der Waals surface area contributed by atoms with Crippen LogP contribution in [0.15, 0.2) is 28.8 Å². The normalized spacial score (nSPS) is 16.9. The van der Waals surface area contributed by atoms with E-state index in [2.05, 4.69) is 53.1 Å². The highest BCUT2D eigenvalue weighted by molar-refractivity contribution is 5.68. The fourth-order valence-electron chi connectivity index (χ4n) is 4.50. The first-order valence-electron chi connectivity index (χ1n) is 11.8. The maximum Gasteiger partial charge on any atom is 0.410 e. The van der Waals surface area contributed by atoms with Crippen LogP contribution in [0.4, 0.5) is 4.79 Å². The Morgan fingerprint density at radius 2 is 1.97 bits per heavy atom. The van der Waals surface area contributed by atoms with Crippen LogP contribution in [-0.4, -0.2) is 67.7 Å². The molecule has 1 aromatic carbocycles. The highest BCUT2D eigenvalue weighted by Gasteiger charge is 2.29. The summed E-state index contributed by atoms with van der Waals surface area (Å²) < 4.78 is 13.0. The van der Waals surface area contributed by atoms with E-state index in [9.17, 15) is 4.79 Å². The molecular weight excluding hydrogens is 432 g/mol. The maximum atomic E-state index is 12.4. The van der Waals surface area contributed by atoms with Crippen molar-refractivity contribution >= 4 is 6.09 Å². The van der Waals surface area contributed by atoms with Crippen LogP contribution in [0.1, 0.15) is 48.9 Å². The van der Waals surface area contributed by atoms with Gasteiger partial charge in [0.25, 0.3) is 5.89 Å². The van der Waals surface area contributed by atoms with Crippen molar-refractivity contribution in [3.05, 3.63) is 52.5 Å². The first-order chi connectivity index (χ1) is 16.2. The van der Waals surface area contributed by atoms with Gasteiger partial charge in [0.15, 0.2) is 0 Å². The molecule has 1 atom stereocenters. The van der Waals surface area contributed by atoms with Crippen molar-refractivity contribution in [3.8, 4) is 11.6 Å². The molecule has 1 saturated heterocycles. The lowest BCUT2D eigenvalue weighted by Gasteiger charge is -2.39. The van der Waals surface area contributed by atoms with Gasteiger partial charge in [0.1, 0.15) is 5.69 Å². The molecule has 0 spiro atoms. The SMILES string of the molecule is Cc1cc(Cc2nnc(-c3ccnn3C)o2)c(C)c(CN2CCN(C(=O)OC(C)C)[C@@H](C)C2)c1. The van der Waals surface area contributed by atoms with Gasteiger partial charge in [0.2, 0.25) is 5.89 Å². The Balaban J connectivity index is 1.45. The van der Waals surface area contributed by atoms with Crippen LogP contribution in [0.5, 0.6) is 0 Å². The highest BCUT2D eigenvalue weighted by Crippen LogP contribution is 2.24. The summed E-state index contributed by atoms with van der Waals surface area (Å²) in [4.78, 5) is 16.6. The Kier molecular flexibility index (Phi) is 7.02. The highest BCUT2D eigenvalue weighted by atomic mass is 16.6. The number of rotatable bonds is 6. The molecule has 0 bridgehead atoms. The maximum absolute atomic E-state index is 12.4. The molecule has 9 heteroatoms. The van der Waals surface area contributed by atoms with Crippen LogP contribution in [0.25, 0.3) is 11.6 Å². The molecule has 9 nitrogen and oxygen atoms in total. The third-order valence-electron chi connectivity index (χ3n) is 6.29. The van der Waals surface area contributed by atoms with Crippen LogP contribution in [-0.2, 0) is 24.8 Å².